The van der Waals surface area contributed by atoms with Crippen molar-refractivity contribution < 1.29 is 9.59 Å². The van der Waals surface area contributed by atoms with Gasteiger partial charge in [0.15, 0.2) is 0 Å². The van der Waals surface area contributed by atoms with E-state index < -0.39 is 10.8 Å². The smallest absolute Gasteiger partial charge is 0.245 e. The Morgan fingerprint density at radius 2 is 1.46 bits per heavy atom. The number of nitrogens with zero attached hydrogens (tertiary/aromatic N) is 2. The van der Waals surface area contributed by atoms with Crippen LogP contribution < -0.4 is 4.90 Å². The summed E-state index contributed by atoms with van der Waals surface area (Å²) in [5, 5.41) is 9.68. The van der Waals surface area contributed by atoms with Crippen LogP contribution in [-0.2, 0) is 15.0 Å². The van der Waals surface area contributed by atoms with Crippen molar-refractivity contribution in [2.45, 2.75) is 26.2 Å². The Kier molecular flexibility index (Phi) is 4.34. The zero-order chi connectivity index (χ0) is 19.3. The minimum atomic E-state index is -1.09. The van der Waals surface area contributed by atoms with Crippen molar-refractivity contribution in [1.82, 2.24) is 0 Å². The molecule has 1 heterocycles. The first kappa shape index (κ1) is 18.4. The van der Waals surface area contributed by atoms with Gasteiger partial charge in [-0.05, 0) is 56.7 Å². The second-order valence-corrected chi connectivity index (χ2v) is 7.89. The third kappa shape index (κ3) is 2.51. The van der Waals surface area contributed by atoms with E-state index in [4.69, 9.17) is 28.5 Å². The van der Waals surface area contributed by atoms with Crippen LogP contribution in [0.2, 0.25) is 10.0 Å². The van der Waals surface area contributed by atoms with Gasteiger partial charge in [0.2, 0.25) is 11.8 Å². The topological polar surface area (TPSA) is 61.2 Å². The van der Waals surface area contributed by atoms with Crippen molar-refractivity contribution in [2.75, 3.05) is 4.90 Å². The molecule has 2 aromatic rings. The molecule has 0 unspecified atom stereocenters. The molecule has 2 aromatic carbocycles. The average Bonchev–Trinajstić information content (AvgIpc) is 2.72. The number of carbonyl (C=O) groups is 2. The molecule has 1 fully saturated rings. The Labute approximate surface area is 161 Å². The fraction of sp³-hybridized carbons (Fsp3) is 0.250. The first-order chi connectivity index (χ1) is 12.1. The first-order valence-electron chi connectivity index (χ1n) is 7.98. The van der Waals surface area contributed by atoms with Crippen molar-refractivity contribution >= 4 is 40.7 Å². The molecule has 6 heteroatoms. The van der Waals surface area contributed by atoms with Crippen molar-refractivity contribution in [3.8, 4) is 6.07 Å². The van der Waals surface area contributed by atoms with Crippen molar-refractivity contribution in [2.24, 2.45) is 5.41 Å². The predicted octanol–water partition coefficient (Wildman–Crippen LogP) is 4.72. The van der Waals surface area contributed by atoms with Crippen molar-refractivity contribution in [3.05, 3.63) is 63.6 Å². The molecule has 0 saturated carbocycles. The summed E-state index contributed by atoms with van der Waals surface area (Å²) in [6.45, 7) is 5.25. The van der Waals surface area contributed by atoms with E-state index in [0.29, 0.717) is 26.9 Å². The fourth-order valence-electron chi connectivity index (χ4n) is 3.34. The lowest BCUT2D eigenvalue weighted by Crippen LogP contribution is -2.42. The SMILES string of the molecule is CC1(C)C(=O)N(c2cc(Cl)cc(Cl)c2)C(=O)[C@@]1(C)c1ccc(C#N)cc1. The van der Waals surface area contributed by atoms with Gasteiger partial charge in [0.25, 0.3) is 0 Å². The van der Waals surface area contributed by atoms with Gasteiger partial charge in [-0.3, -0.25) is 9.59 Å². The minimum Gasteiger partial charge on any atom is -0.273 e. The third-order valence-corrected chi connectivity index (χ3v) is 5.75. The van der Waals surface area contributed by atoms with Crippen LogP contribution in [0, 0.1) is 16.7 Å². The average molecular weight is 387 g/mol. The number of anilines is 1. The van der Waals surface area contributed by atoms with E-state index in [1.807, 2.05) is 0 Å². The van der Waals surface area contributed by atoms with Crippen LogP contribution in [0.25, 0.3) is 0 Å². The molecule has 1 aliphatic rings. The van der Waals surface area contributed by atoms with Gasteiger partial charge in [-0.1, -0.05) is 35.3 Å². The molecule has 0 spiro atoms. The summed E-state index contributed by atoms with van der Waals surface area (Å²) in [4.78, 5) is 27.7. The van der Waals surface area contributed by atoms with E-state index in [1.165, 1.54) is 0 Å². The van der Waals surface area contributed by atoms with Crippen LogP contribution in [0.3, 0.4) is 0 Å². The molecule has 0 bridgehead atoms. The van der Waals surface area contributed by atoms with E-state index >= 15 is 0 Å². The fourth-order valence-corrected chi connectivity index (χ4v) is 3.86. The predicted molar refractivity (Wildman–Crippen MR) is 101 cm³/mol. The maximum atomic E-state index is 13.4. The summed E-state index contributed by atoms with van der Waals surface area (Å²) in [6.07, 6.45) is 0. The van der Waals surface area contributed by atoms with Crippen molar-refractivity contribution in [1.29, 1.82) is 5.26 Å². The van der Waals surface area contributed by atoms with Crippen LogP contribution in [0.1, 0.15) is 31.9 Å². The number of hydrogen-bond acceptors (Lipinski definition) is 3. The molecule has 0 aromatic heterocycles. The second kappa shape index (κ2) is 6.12. The molecule has 2 amide bonds. The molecule has 0 N–H and O–H groups in total. The Morgan fingerprint density at radius 3 is 1.96 bits per heavy atom. The van der Waals surface area contributed by atoms with Crippen LogP contribution in [0.5, 0.6) is 0 Å². The minimum absolute atomic E-state index is 0.326. The van der Waals surface area contributed by atoms with Gasteiger partial charge in [-0.2, -0.15) is 5.26 Å². The maximum absolute atomic E-state index is 13.4. The Bertz CT molecular complexity index is 941. The molecular weight excluding hydrogens is 371 g/mol. The molecule has 0 aliphatic carbocycles. The molecule has 0 radical (unpaired) electrons. The van der Waals surface area contributed by atoms with Gasteiger partial charge in [-0.15, -0.1) is 0 Å². The van der Waals surface area contributed by atoms with Gasteiger partial charge in [-0.25, -0.2) is 4.90 Å². The molecule has 1 atom stereocenters. The van der Waals surface area contributed by atoms with E-state index in [1.54, 1.807) is 63.2 Å². The van der Waals surface area contributed by atoms with Gasteiger partial charge in [0, 0.05) is 10.0 Å². The van der Waals surface area contributed by atoms with Crippen LogP contribution >= 0.6 is 23.2 Å². The first-order valence-corrected chi connectivity index (χ1v) is 8.74. The second-order valence-electron chi connectivity index (χ2n) is 7.01. The van der Waals surface area contributed by atoms with E-state index in [0.717, 1.165) is 4.90 Å². The van der Waals surface area contributed by atoms with Gasteiger partial charge in [0.1, 0.15) is 0 Å². The number of hydrogen-bond donors (Lipinski definition) is 0. The van der Waals surface area contributed by atoms with E-state index in [9.17, 15) is 9.59 Å². The molecule has 26 heavy (non-hydrogen) atoms. The number of imide groups is 1. The van der Waals surface area contributed by atoms with E-state index in [-0.39, 0.29) is 11.8 Å². The highest BCUT2D eigenvalue weighted by molar-refractivity contribution is 6.36. The highest BCUT2D eigenvalue weighted by atomic mass is 35.5. The lowest BCUT2D eigenvalue weighted by molar-refractivity contribution is -0.125. The summed E-state index contributed by atoms with van der Waals surface area (Å²) in [6, 6.07) is 13.4. The maximum Gasteiger partial charge on any atom is 0.245 e. The molecule has 4 nitrogen and oxygen atoms in total. The molecule has 132 valence electrons. The summed E-state index contributed by atoms with van der Waals surface area (Å²) >= 11 is 12.1. The number of amides is 2. The Morgan fingerprint density at radius 1 is 0.923 bits per heavy atom. The highest BCUT2D eigenvalue weighted by Gasteiger charge is 2.63. The summed E-state index contributed by atoms with van der Waals surface area (Å²) in [7, 11) is 0. The zero-order valence-electron chi connectivity index (χ0n) is 14.5. The summed E-state index contributed by atoms with van der Waals surface area (Å²) < 4.78 is 0. The largest absolute Gasteiger partial charge is 0.273 e. The number of carbonyl (C=O) groups excluding carboxylic acids is 2. The van der Waals surface area contributed by atoms with Crippen LogP contribution in [0.4, 0.5) is 5.69 Å². The quantitative estimate of drug-likeness (QED) is 0.701. The zero-order valence-corrected chi connectivity index (χ0v) is 16.0. The highest BCUT2D eigenvalue weighted by Crippen LogP contribution is 2.51. The van der Waals surface area contributed by atoms with Gasteiger partial charge < -0.3 is 0 Å². The lowest BCUT2D eigenvalue weighted by atomic mass is 9.64. The van der Waals surface area contributed by atoms with Crippen molar-refractivity contribution in [3.63, 3.8) is 0 Å². The Balaban J connectivity index is 2.17. The monoisotopic (exact) mass is 386 g/mol. The van der Waals surface area contributed by atoms with Gasteiger partial charge in [0.05, 0.1) is 28.2 Å². The third-order valence-electron chi connectivity index (χ3n) is 5.32. The van der Waals surface area contributed by atoms with Gasteiger partial charge >= 0.3 is 0 Å². The van der Waals surface area contributed by atoms with Crippen LogP contribution in [0.15, 0.2) is 42.5 Å². The number of benzene rings is 2. The number of halogens is 2. The number of rotatable bonds is 2. The Hall–Kier alpha value is -2.35. The number of nitriles is 1. The standard InChI is InChI=1S/C20H16Cl2N2O2/c1-19(2)17(25)24(16-9-14(21)8-15(22)10-16)18(26)20(19,3)13-6-4-12(11-23)5-7-13/h4-10H,1-3H3/t20-/m1/s1. The van der Waals surface area contributed by atoms with E-state index in [2.05, 4.69) is 6.07 Å². The summed E-state index contributed by atoms with van der Waals surface area (Å²) in [5.41, 5.74) is -0.566. The molecule has 1 saturated heterocycles. The molecule has 1 aliphatic heterocycles. The lowest BCUT2D eigenvalue weighted by Gasteiger charge is -2.33. The molecule has 3 rings (SSSR count). The summed E-state index contributed by atoms with van der Waals surface area (Å²) in [5.74, 6) is -0.678. The van der Waals surface area contributed by atoms with Crippen LogP contribution in [-0.4, -0.2) is 11.8 Å². The molecular formula is C20H16Cl2N2O2. The normalized spacial score (nSPS) is 21.8.